The van der Waals surface area contributed by atoms with E-state index in [1.54, 1.807) is 0 Å². The van der Waals surface area contributed by atoms with Gasteiger partial charge in [-0.1, -0.05) is 13.8 Å². The minimum absolute atomic E-state index is 0.0306. The molecule has 0 spiro atoms. The highest BCUT2D eigenvalue weighted by molar-refractivity contribution is 5.76. The first-order chi connectivity index (χ1) is 8.14. The Kier molecular flexibility index (Phi) is 7.28. The first-order valence-electron chi connectivity index (χ1n) is 6.20. The number of rotatable bonds is 7. The molecule has 3 nitrogen and oxygen atoms in total. The molecule has 18 heavy (non-hydrogen) atoms. The summed E-state index contributed by atoms with van der Waals surface area (Å²) in [6, 6.07) is -0.894. The Morgan fingerprint density at radius 1 is 1.28 bits per heavy atom. The molecule has 0 radical (unpaired) electrons. The van der Waals surface area contributed by atoms with Crippen LogP contribution in [0, 0.1) is 11.8 Å². The molecule has 0 bridgehead atoms. The average Bonchev–Trinajstić information content (AvgIpc) is 2.12. The van der Waals surface area contributed by atoms with E-state index in [0.29, 0.717) is 12.5 Å². The van der Waals surface area contributed by atoms with Gasteiger partial charge in [0.25, 0.3) is 0 Å². The molecule has 6 heteroatoms. The van der Waals surface area contributed by atoms with Crippen molar-refractivity contribution in [3.8, 4) is 0 Å². The highest BCUT2D eigenvalue weighted by Gasteiger charge is 2.30. The fourth-order valence-corrected chi connectivity index (χ4v) is 1.92. The van der Waals surface area contributed by atoms with Gasteiger partial charge >= 0.3 is 6.18 Å². The second-order valence-electron chi connectivity index (χ2n) is 5.22. The quantitative estimate of drug-likeness (QED) is 0.745. The van der Waals surface area contributed by atoms with Gasteiger partial charge in [-0.25, -0.2) is 0 Å². The number of carbonyl (C=O) groups is 1. The Hall–Kier alpha value is -0.780. The second kappa shape index (κ2) is 7.61. The number of hydrogen-bond donors (Lipinski definition) is 2. The fourth-order valence-electron chi connectivity index (χ4n) is 1.92. The zero-order valence-corrected chi connectivity index (χ0v) is 11.2. The van der Waals surface area contributed by atoms with Crippen LogP contribution < -0.4 is 11.1 Å². The Balaban J connectivity index is 4.08. The summed E-state index contributed by atoms with van der Waals surface area (Å²) in [5.41, 5.74) is 5.54. The minimum atomic E-state index is -4.25. The summed E-state index contributed by atoms with van der Waals surface area (Å²) < 4.78 is 36.3. The van der Waals surface area contributed by atoms with Crippen LogP contribution in [-0.2, 0) is 4.79 Å². The van der Waals surface area contributed by atoms with Crippen molar-refractivity contribution in [1.29, 1.82) is 0 Å². The van der Waals surface area contributed by atoms with Gasteiger partial charge in [-0.05, 0) is 31.7 Å². The zero-order chi connectivity index (χ0) is 14.3. The molecule has 0 aliphatic heterocycles. The van der Waals surface area contributed by atoms with Gasteiger partial charge in [0.1, 0.15) is 0 Å². The zero-order valence-electron chi connectivity index (χ0n) is 11.2. The van der Waals surface area contributed by atoms with E-state index in [2.05, 4.69) is 5.32 Å². The van der Waals surface area contributed by atoms with Crippen LogP contribution in [0.25, 0.3) is 0 Å². The van der Waals surface area contributed by atoms with Crippen LogP contribution in [-0.4, -0.2) is 24.7 Å². The summed E-state index contributed by atoms with van der Waals surface area (Å²) in [6.45, 7) is 5.77. The number of alkyl halides is 3. The van der Waals surface area contributed by atoms with Gasteiger partial charge in [0, 0.05) is 12.5 Å². The van der Waals surface area contributed by atoms with Gasteiger partial charge in [0.15, 0.2) is 0 Å². The monoisotopic (exact) mass is 268 g/mol. The van der Waals surface area contributed by atoms with Crippen molar-refractivity contribution in [2.75, 3.05) is 6.54 Å². The topological polar surface area (TPSA) is 55.1 Å². The lowest BCUT2D eigenvalue weighted by molar-refractivity contribution is -0.141. The molecule has 0 heterocycles. The Labute approximate surface area is 106 Å². The van der Waals surface area contributed by atoms with Crippen LogP contribution in [0.4, 0.5) is 13.2 Å². The van der Waals surface area contributed by atoms with Crippen molar-refractivity contribution in [2.24, 2.45) is 17.6 Å². The molecule has 0 aromatic carbocycles. The van der Waals surface area contributed by atoms with E-state index in [1.165, 1.54) is 6.92 Å². The predicted octanol–water partition coefficient (Wildman–Crippen LogP) is 2.45. The molecule has 0 saturated carbocycles. The molecule has 1 unspecified atom stereocenters. The van der Waals surface area contributed by atoms with E-state index in [1.807, 2.05) is 13.8 Å². The van der Waals surface area contributed by atoms with E-state index in [9.17, 15) is 18.0 Å². The van der Waals surface area contributed by atoms with Crippen molar-refractivity contribution < 1.29 is 18.0 Å². The first kappa shape index (κ1) is 17.2. The lowest BCUT2D eigenvalue weighted by Gasteiger charge is -2.19. The van der Waals surface area contributed by atoms with E-state index in [0.717, 1.165) is 6.42 Å². The lowest BCUT2D eigenvalue weighted by Crippen LogP contribution is -2.37. The molecule has 0 aliphatic carbocycles. The Morgan fingerprint density at radius 3 is 2.22 bits per heavy atom. The van der Waals surface area contributed by atoms with Crippen molar-refractivity contribution in [3.05, 3.63) is 0 Å². The van der Waals surface area contributed by atoms with Crippen LogP contribution in [0.3, 0.4) is 0 Å². The van der Waals surface area contributed by atoms with Crippen molar-refractivity contribution >= 4 is 5.91 Å². The summed E-state index contributed by atoms with van der Waals surface area (Å²) in [5.74, 6) is 0.0879. The number of nitrogens with two attached hydrogens (primary N) is 1. The van der Waals surface area contributed by atoms with Gasteiger partial charge < -0.3 is 11.1 Å². The Morgan fingerprint density at radius 2 is 1.83 bits per heavy atom. The molecule has 0 aromatic rings. The number of carbonyl (C=O) groups excluding carboxylic acids is 1. The molecule has 0 saturated heterocycles. The molecule has 2 atom stereocenters. The molecule has 108 valence electrons. The van der Waals surface area contributed by atoms with Gasteiger partial charge in [-0.15, -0.1) is 0 Å². The van der Waals surface area contributed by atoms with E-state index in [4.69, 9.17) is 5.73 Å². The van der Waals surface area contributed by atoms with Gasteiger partial charge in [0.05, 0.1) is 6.42 Å². The smallest absolute Gasteiger partial charge is 0.353 e. The van der Waals surface area contributed by atoms with Crippen molar-refractivity contribution in [2.45, 2.75) is 52.3 Å². The summed E-state index contributed by atoms with van der Waals surface area (Å²) >= 11 is 0. The molecule has 0 rings (SSSR count). The number of nitrogens with one attached hydrogen (secondary N) is 1. The molecular weight excluding hydrogens is 245 g/mol. The van der Waals surface area contributed by atoms with Crippen molar-refractivity contribution in [3.63, 3.8) is 0 Å². The van der Waals surface area contributed by atoms with Crippen LogP contribution in [0.15, 0.2) is 0 Å². The third-order valence-electron chi connectivity index (χ3n) is 2.56. The van der Waals surface area contributed by atoms with Crippen LogP contribution >= 0.6 is 0 Å². The predicted molar refractivity (Wildman–Crippen MR) is 64.9 cm³/mol. The molecule has 0 fully saturated rings. The third-order valence-corrected chi connectivity index (χ3v) is 2.56. The lowest BCUT2D eigenvalue weighted by atomic mass is 9.94. The van der Waals surface area contributed by atoms with E-state index in [-0.39, 0.29) is 18.2 Å². The summed E-state index contributed by atoms with van der Waals surface area (Å²) in [6.07, 6.45) is -4.26. The standard InChI is InChI=1S/C12H23F3N2O/c1-8(2)4-10(7-16)5-11(18)17-9(3)6-12(13,14)15/h8-10H,4-7,16H2,1-3H3,(H,17,18)/t9?,10-/m0/s1. The fraction of sp³-hybridized carbons (Fsp3) is 0.917. The maximum absolute atomic E-state index is 12.1. The Bertz CT molecular complexity index is 254. The molecule has 3 N–H and O–H groups in total. The minimum Gasteiger partial charge on any atom is -0.353 e. The highest BCUT2D eigenvalue weighted by Crippen LogP contribution is 2.21. The van der Waals surface area contributed by atoms with E-state index >= 15 is 0 Å². The van der Waals surface area contributed by atoms with Crippen LogP contribution in [0.2, 0.25) is 0 Å². The second-order valence-corrected chi connectivity index (χ2v) is 5.22. The number of amides is 1. The first-order valence-corrected chi connectivity index (χ1v) is 6.20. The summed E-state index contributed by atoms with van der Waals surface area (Å²) in [4.78, 5) is 11.6. The van der Waals surface area contributed by atoms with Crippen LogP contribution in [0.5, 0.6) is 0 Å². The number of halogens is 3. The average molecular weight is 268 g/mol. The molecule has 0 aromatic heterocycles. The molecule has 0 aliphatic rings. The largest absolute Gasteiger partial charge is 0.391 e. The third kappa shape index (κ3) is 9.27. The maximum atomic E-state index is 12.1. The molecule has 1 amide bonds. The van der Waals surface area contributed by atoms with Gasteiger partial charge in [-0.3, -0.25) is 4.79 Å². The normalized spacial score (nSPS) is 15.6. The van der Waals surface area contributed by atoms with Crippen LogP contribution in [0.1, 0.15) is 40.0 Å². The summed E-state index contributed by atoms with van der Waals surface area (Å²) in [5, 5.41) is 2.36. The maximum Gasteiger partial charge on any atom is 0.391 e. The number of hydrogen-bond acceptors (Lipinski definition) is 2. The van der Waals surface area contributed by atoms with E-state index < -0.39 is 18.6 Å². The highest BCUT2D eigenvalue weighted by atomic mass is 19.4. The van der Waals surface area contributed by atoms with Crippen molar-refractivity contribution in [1.82, 2.24) is 5.32 Å². The molecular formula is C12H23F3N2O. The van der Waals surface area contributed by atoms with Gasteiger partial charge in [-0.2, -0.15) is 13.2 Å². The van der Waals surface area contributed by atoms with Gasteiger partial charge in [0.2, 0.25) is 5.91 Å². The SMILES string of the molecule is CC(C)C[C@H](CN)CC(=O)NC(C)CC(F)(F)F. The summed E-state index contributed by atoms with van der Waals surface area (Å²) in [7, 11) is 0.